The lowest BCUT2D eigenvalue weighted by molar-refractivity contribution is 1.14. The molecule has 0 saturated carbocycles. The van der Waals surface area contributed by atoms with Crippen molar-refractivity contribution >= 4 is 15.9 Å². The van der Waals surface area contributed by atoms with Gasteiger partial charge in [-0.25, -0.2) is 0 Å². The third-order valence-corrected chi connectivity index (χ3v) is 2.67. The minimum absolute atomic E-state index is 0.770. The molecule has 0 N–H and O–H groups in total. The van der Waals surface area contributed by atoms with Gasteiger partial charge in [0.1, 0.15) is 0 Å². The van der Waals surface area contributed by atoms with Crippen molar-refractivity contribution in [1.29, 1.82) is 0 Å². The van der Waals surface area contributed by atoms with Crippen molar-refractivity contribution in [2.75, 3.05) is 0 Å². The lowest BCUT2D eigenvalue weighted by Crippen LogP contribution is -1.91. The molecule has 0 amide bonds. The highest BCUT2D eigenvalue weighted by Crippen LogP contribution is 2.15. The van der Waals surface area contributed by atoms with Gasteiger partial charge in [0, 0.05) is 11.0 Å². The predicted octanol–water partition coefficient (Wildman–Crippen LogP) is 3.35. The van der Waals surface area contributed by atoms with Crippen molar-refractivity contribution in [3.05, 3.63) is 47.8 Å². The van der Waals surface area contributed by atoms with E-state index in [9.17, 15) is 0 Å². The molecule has 15 heavy (non-hydrogen) atoms. The number of aryl methyl sites for hydroxylation is 1. The number of pyridine rings is 2. The zero-order chi connectivity index (χ0) is 10.7. The third kappa shape index (κ3) is 2.42. The molecule has 0 aliphatic carbocycles. The molecule has 0 fully saturated rings. The van der Waals surface area contributed by atoms with E-state index in [0.717, 1.165) is 28.1 Å². The average molecular weight is 263 g/mol. The number of hydrogen-bond acceptors (Lipinski definition) is 2. The van der Waals surface area contributed by atoms with Crippen LogP contribution in [0.4, 0.5) is 0 Å². The van der Waals surface area contributed by atoms with Crippen molar-refractivity contribution in [1.82, 2.24) is 9.97 Å². The van der Waals surface area contributed by atoms with Crippen LogP contribution in [0.5, 0.6) is 0 Å². The number of hydrogen-bond donors (Lipinski definition) is 0. The summed E-state index contributed by atoms with van der Waals surface area (Å²) >= 11 is 3.40. The van der Waals surface area contributed by atoms with Crippen LogP contribution in [0.1, 0.15) is 11.4 Å². The van der Waals surface area contributed by atoms with Gasteiger partial charge < -0.3 is 0 Å². The summed E-state index contributed by atoms with van der Waals surface area (Å²) < 4.78 is 0. The highest BCUT2D eigenvalue weighted by atomic mass is 79.9. The highest BCUT2D eigenvalue weighted by Gasteiger charge is 2.01. The molecule has 2 rings (SSSR count). The van der Waals surface area contributed by atoms with E-state index in [1.54, 1.807) is 0 Å². The van der Waals surface area contributed by atoms with Crippen LogP contribution < -0.4 is 0 Å². The molecule has 0 unspecified atom stereocenters. The summed E-state index contributed by atoms with van der Waals surface area (Å²) in [5, 5.41) is 0.770. The Kier molecular flexibility index (Phi) is 3.11. The fraction of sp³-hybridized carbons (Fsp3) is 0.167. The zero-order valence-electron chi connectivity index (χ0n) is 8.44. The van der Waals surface area contributed by atoms with Crippen molar-refractivity contribution in [2.24, 2.45) is 0 Å². The first-order valence-corrected chi connectivity index (χ1v) is 5.87. The van der Waals surface area contributed by atoms with Gasteiger partial charge in [0.05, 0.1) is 17.1 Å². The van der Waals surface area contributed by atoms with Crippen molar-refractivity contribution in [2.45, 2.75) is 12.3 Å². The van der Waals surface area contributed by atoms with Crippen molar-refractivity contribution in [3.8, 4) is 11.4 Å². The minimum Gasteiger partial charge on any atom is -0.251 e. The van der Waals surface area contributed by atoms with Crippen LogP contribution in [0.3, 0.4) is 0 Å². The van der Waals surface area contributed by atoms with Gasteiger partial charge in [-0.1, -0.05) is 28.1 Å². The Morgan fingerprint density at radius 1 is 1.00 bits per heavy atom. The molecule has 76 valence electrons. The Balaban J connectivity index is 2.44. The summed E-state index contributed by atoms with van der Waals surface area (Å²) in [7, 11) is 0. The molecular formula is C12H11BrN2. The summed E-state index contributed by atoms with van der Waals surface area (Å²) in [6, 6.07) is 11.9. The normalized spacial score (nSPS) is 10.3. The Morgan fingerprint density at radius 3 is 2.33 bits per heavy atom. The molecule has 0 aliphatic rings. The number of rotatable bonds is 2. The van der Waals surface area contributed by atoms with Gasteiger partial charge in [0.2, 0.25) is 0 Å². The van der Waals surface area contributed by atoms with Gasteiger partial charge in [0.25, 0.3) is 0 Å². The number of halogens is 1. The Bertz CT molecular complexity index is 469. The van der Waals surface area contributed by atoms with Crippen LogP contribution in [0, 0.1) is 6.92 Å². The largest absolute Gasteiger partial charge is 0.251 e. The number of alkyl halides is 1. The summed E-state index contributed by atoms with van der Waals surface area (Å²) in [5.74, 6) is 0. The SMILES string of the molecule is Cc1cccc(-c2cccc(CBr)n2)n1. The van der Waals surface area contributed by atoms with Crippen LogP contribution in [-0.2, 0) is 5.33 Å². The quantitative estimate of drug-likeness (QED) is 0.776. The van der Waals surface area contributed by atoms with Crippen LogP contribution in [0.2, 0.25) is 0 Å². The molecule has 2 aromatic rings. The second-order valence-corrected chi connectivity index (χ2v) is 3.87. The maximum Gasteiger partial charge on any atom is 0.0889 e. The molecule has 0 aromatic carbocycles. The maximum absolute atomic E-state index is 4.49. The predicted molar refractivity (Wildman–Crippen MR) is 64.8 cm³/mol. The molecule has 0 spiro atoms. The molecule has 0 bridgehead atoms. The zero-order valence-corrected chi connectivity index (χ0v) is 10.0. The van der Waals surface area contributed by atoms with Crippen molar-refractivity contribution < 1.29 is 0 Å². The minimum atomic E-state index is 0.770. The lowest BCUT2D eigenvalue weighted by Gasteiger charge is -2.02. The van der Waals surface area contributed by atoms with E-state index in [1.165, 1.54) is 0 Å². The fourth-order valence-corrected chi connectivity index (χ4v) is 1.69. The lowest BCUT2D eigenvalue weighted by atomic mass is 10.2. The Hall–Kier alpha value is -1.22. The van der Waals surface area contributed by atoms with E-state index in [0.29, 0.717) is 0 Å². The van der Waals surface area contributed by atoms with E-state index in [1.807, 2.05) is 43.3 Å². The van der Waals surface area contributed by atoms with Gasteiger partial charge in [-0.2, -0.15) is 0 Å². The van der Waals surface area contributed by atoms with Crippen LogP contribution in [-0.4, -0.2) is 9.97 Å². The van der Waals surface area contributed by atoms with Gasteiger partial charge in [-0.15, -0.1) is 0 Å². The van der Waals surface area contributed by atoms with Crippen LogP contribution in [0.15, 0.2) is 36.4 Å². The maximum atomic E-state index is 4.49. The van der Waals surface area contributed by atoms with Gasteiger partial charge in [-0.05, 0) is 31.2 Å². The monoisotopic (exact) mass is 262 g/mol. The molecule has 0 radical (unpaired) electrons. The summed E-state index contributed by atoms with van der Waals surface area (Å²) in [6.07, 6.45) is 0. The second kappa shape index (κ2) is 4.53. The topological polar surface area (TPSA) is 25.8 Å². The summed E-state index contributed by atoms with van der Waals surface area (Å²) in [6.45, 7) is 1.98. The second-order valence-electron chi connectivity index (χ2n) is 3.31. The smallest absolute Gasteiger partial charge is 0.0889 e. The summed E-state index contributed by atoms with van der Waals surface area (Å²) in [5.41, 5.74) is 3.89. The van der Waals surface area contributed by atoms with E-state index in [2.05, 4.69) is 25.9 Å². The molecule has 2 nitrogen and oxygen atoms in total. The molecule has 0 aliphatic heterocycles. The third-order valence-electron chi connectivity index (χ3n) is 2.09. The molecule has 0 saturated heterocycles. The Labute approximate surface area is 97.5 Å². The van der Waals surface area contributed by atoms with Crippen LogP contribution in [0.25, 0.3) is 11.4 Å². The van der Waals surface area contributed by atoms with Gasteiger partial charge >= 0.3 is 0 Å². The fourth-order valence-electron chi connectivity index (χ4n) is 1.38. The van der Waals surface area contributed by atoms with E-state index in [4.69, 9.17) is 0 Å². The van der Waals surface area contributed by atoms with E-state index in [-0.39, 0.29) is 0 Å². The molecular weight excluding hydrogens is 252 g/mol. The first kappa shape index (κ1) is 10.3. The average Bonchev–Trinajstić information content (AvgIpc) is 2.29. The molecule has 3 heteroatoms. The number of aromatic nitrogens is 2. The highest BCUT2D eigenvalue weighted by molar-refractivity contribution is 9.08. The standard InChI is InChI=1S/C12H11BrN2/c1-9-4-2-6-11(14-9)12-7-3-5-10(8-13)15-12/h2-7H,8H2,1H3. The first-order valence-electron chi connectivity index (χ1n) is 4.75. The van der Waals surface area contributed by atoms with E-state index < -0.39 is 0 Å². The van der Waals surface area contributed by atoms with Gasteiger partial charge in [0.15, 0.2) is 0 Å². The van der Waals surface area contributed by atoms with Crippen LogP contribution >= 0.6 is 15.9 Å². The van der Waals surface area contributed by atoms with Gasteiger partial charge in [-0.3, -0.25) is 9.97 Å². The van der Waals surface area contributed by atoms with E-state index >= 15 is 0 Å². The molecule has 0 atom stereocenters. The molecule has 2 heterocycles. The van der Waals surface area contributed by atoms with Crippen molar-refractivity contribution in [3.63, 3.8) is 0 Å². The number of nitrogens with zero attached hydrogens (tertiary/aromatic N) is 2. The molecule has 2 aromatic heterocycles. The summed E-state index contributed by atoms with van der Waals surface area (Å²) in [4.78, 5) is 8.93. The first-order chi connectivity index (χ1) is 7.29. The Morgan fingerprint density at radius 2 is 1.67 bits per heavy atom.